The number of rotatable bonds is 16. The van der Waals surface area contributed by atoms with Gasteiger partial charge in [-0.3, -0.25) is 14.4 Å². The van der Waals surface area contributed by atoms with Crippen LogP contribution in [0.1, 0.15) is 93.9 Å². The van der Waals surface area contributed by atoms with Crippen LogP contribution in [0.3, 0.4) is 0 Å². The van der Waals surface area contributed by atoms with Crippen LogP contribution in [0, 0.1) is 17.8 Å². The molecule has 4 N–H and O–H groups in total. The summed E-state index contributed by atoms with van der Waals surface area (Å²) in [4.78, 5) is 40.8. The summed E-state index contributed by atoms with van der Waals surface area (Å²) < 4.78 is 0. The van der Waals surface area contributed by atoms with E-state index >= 15 is 0 Å². The van der Waals surface area contributed by atoms with Crippen LogP contribution < -0.4 is 16.4 Å². The van der Waals surface area contributed by atoms with E-state index in [1.807, 2.05) is 25.7 Å². The van der Waals surface area contributed by atoms with E-state index in [4.69, 9.17) is 5.73 Å². The second kappa shape index (κ2) is 14.9. The second-order valence-corrected chi connectivity index (χ2v) is 10.7. The number of nitrogens with one attached hydrogen (secondary N) is 2. The number of nitrogens with zero attached hydrogens (tertiary/aromatic N) is 1. The summed E-state index contributed by atoms with van der Waals surface area (Å²) in [7, 11) is 0. The van der Waals surface area contributed by atoms with E-state index in [1.54, 1.807) is 24.3 Å². The highest BCUT2D eigenvalue weighted by Gasteiger charge is 2.34. The van der Waals surface area contributed by atoms with Gasteiger partial charge >= 0.3 is 0 Å². The molecular weight excluding hydrogens is 464 g/mol. The van der Waals surface area contributed by atoms with Crippen LogP contribution in [-0.4, -0.2) is 54.3 Å². The highest BCUT2D eigenvalue weighted by atomic mass is 16.2. The standard InChI is InChI=1S/C30H48N4O3/c1-7-15-34(16-8-2)30(37)25-12-10-11-24(18-25)29(36)33-27(22(6)23-13-14-23)26(31)17-21(5)28(35)32-19-20(4)9-3/h10-12,18,20-21,23,26-27H,6-9,13-17,19,31H2,1-5H3,(H,32,35)(H,33,36)/t20-,21+,26-,27-/m0/s1. The molecule has 4 atom stereocenters. The molecule has 0 radical (unpaired) electrons. The largest absolute Gasteiger partial charge is 0.356 e. The quantitative estimate of drug-likeness (QED) is 0.283. The zero-order valence-electron chi connectivity index (χ0n) is 23.5. The molecule has 1 aliphatic rings. The minimum Gasteiger partial charge on any atom is -0.356 e. The third-order valence-electron chi connectivity index (χ3n) is 7.26. The molecule has 1 saturated carbocycles. The molecule has 37 heavy (non-hydrogen) atoms. The number of amides is 3. The summed E-state index contributed by atoms with van der Waals surface area (Å²) in [5.74, 6) is 0.109. The molecule has 1 fully saturated rings. The van der Waals surface area contributed by atoms with Gasteiger partial charge in [0, 0.05) is 42.7 Å². The van der Waals surface area contributed by atoms with Gasteiger partial charge in [0.15, 0.2) is 0 Å². The summed E-state index contributed by atoms with van der Waals surface area (Å²) in [6, 6.07) is 5.97. The topological polar surface area (TPSA) is 105 Å². The Kier molecular flexibility index (Phi) is 12.3. The lowest BCUT2D eigenvalue weighted by Crippen LogP contribution is -2.50. The molecule has 206 valence electrons. The average molecular weight is 513 g/mol. The first-order valence-corrected chi connectivity index (χ1v) is 14.0. The fourth-order valence-corrected chi connectivity index (χ4v) is 4.48. The van der Waals surface area contributed by atoms with Crippen LogP contribution in [-0.2, 0) is 4.79 Å². The van der Waals surface area contributed by atoms with Crippen LogP contribution in [0.2, 0.25) is 0 Å². The molecule has 7 heteroatoms. The maximum Gasteiger partial charge on any atom is 0.253 e. The Balaban J connectivity index is 2.12. The molecule has 1 aliphatic carbocycles. The van der Waals surface area contributed by atoms with Crippen molar-refractivity contribution in [2.24, 2.45) is 23.5 Å². The molecular formula is C30H48N4O3. The molecule has 0 aromatic heterocycles. The number of carbonyl (C=O) groups is 3. The van der Waals surface area contributed by atoms with Crippen LogP contribution >= 0.6 is 0 Å². The van der Waals surface area contributed by atoms with Gasteiger partial charge in [0.1, 0.15) is 0 Å². The molecule has 1 aromatic rings. The van der Waals surface area contributed by atoms with Gasteiger partial charge in [-0.1, -0.05) is 59.3 Å². The lowest BCUT2D eigenvalue weighted by atomic mass is 9.90. The zero-order chi connectivity index (χ0) is 27.5. The Bertz CT molecular complexity index is 921. The molecule has 0 unspecified atom stereocenters. The van der Waals surface area contributed by atoms with E-state index in [-0.39, 0.29) is 23.6 Å². The van der Waals surface area contributed by atoms with E-state index in [0.717, 1.165) is 37.7 Å². The fourth-order valence-electron chi connectivity index (χ4n) is 4.48. The Morgan fingerprint density at radius 3 is 2.27 bits per heavy atom. The first-order chi connectivity index (χ1) is 17.6. The number of hydrogen-bond acceptors (Lipinski definition) is 4. The summed E-state index contributed by atoms with van der Waals surface area (Å²) in [6.45, 7) is 16.5. The lowest BCUT2D eigenvalue weighted by Gasteiger charge is -2.29. The van der Waals surface area contributed by atoms with Crippen molar-refractivity contribution in [1.29, 1.82) is 0 Å². The first kappa shape index (κ1) is 30.6. The van der Waals surface area contributed by atoms with Gasteiger partial charge in [-0.2, -0.15) is 0 Å². The van der Waals surface area contributed by atoms with E-state index < -0.39 is 12.1 Å². The summed E-state index contributed by atoms with van der Waals surface area (Å²) in [5, 5.41) is 6.10. The summed E-state index contributed by atoms with van der Waals surface area (Å²) >= 11 is 0. The zero-order valence-corrected chi connectivity index (χ0v) is 23.5. The maximum atomic E-state index is 13.3. The van der Waals surface area contributed by atoms with Gasteiger partial charge in [-0.25, -0.2) is 0 Å². The van der Waals surface area contributed by atoms with E-state index in [0.29, 0.717) is 49.0 Å². The third kappa shape index (κ3) is 9.29. The van der Waals surface area contributed by atoms with E-state index in [1.165, 1.54) is 0 Å². The van der Waals surface area contributed by atoms with E-state index in [9.17, 15) is 14.4 Å². The molecule has 2 rings (SSSR count). The third-order valence-corrected chi connectivity index (χ3v) is 7.26. The molecule has 0 spiro atoms. The van der Waals surface area contributed by atoms with Crippen LogP contribution in [0.4, 0.5) is 0 Å². The molecule has 3 amide bonds. The van der Waals surface area contributed by atoms with Crippen LogP contribution in [0.25, 0.3) is 0 Å². The van der Waals surface area contributed by atoms with Gasteiger partial charge in [0.2, 0.25) is 5.91 Å². The minimum atomic E-state index is -0.448. The Hall–Kier alpha value is -2.67. The van der Waals surface area contributed by atoms with Gasteiger partial charge in [0.25, 0.3) is 11.8 Å². The highest BCUT2D eigenvalue weighted by molar-refractivity contribution is 6.00. The number of hydrogen-bond donors (Lipinski definition) is 3. The smallest absolute Gasteiger partial charge is 0.253 e. The number of carbonyl (C=O) groups excluding carboxylic acids is 3. The molecule has 1 aromatic carbocycles. The van der Waals surface area contributed by atoms with Gasteiger partial charge in [-0.05, 0) is 62.1 Å². The molecule has 0 saturated heterocycles. The van der Waals surface area contributed by atoms with Crippen molar-refractivity contribution in [3.8, 4) is 0 Å². The SMILES string of the molecule is C=C(C1CC1)[C@H](NC(=O)c1cccc(C(=O)N(CCC)CCC)c1)[C@@H](N)C[C@@H](C)C(=O)NC[C@@H](C)CC. The van der Waals surface area contributed by atoms with Gasteiger partial charge in [0.05, 0.1) is 6.04 Å². The van der Waals surface area contributed by atoms with Crippen molar-refractivity contribution >= 4 is 17.7 Å². The molecule has 0 bridgehead atoms. The van der Waals surface area contributed by atoms with Crippen molar-refractivity contribution in [3.05, 3.63) is 47.5 Å². The second-order valence-electron chi connectivity index (χ2n) is 10.7. The average Bonchev–Trinajstić information content (AvgIpc) is 3.74. The van der Waals surface area contributed by atoms with Crippen molar-refractivity contribution in [3.63, 3.8) is 0 Å². The molecule has 0 heterocycles. The predicted octanol–water partition coefficient (Wildman–Crippen LogP) is 4.53. The van der Waals surface area contributed by atoms with Gasteiger partial charge in [-0.15, -0.1) is 0 Å². The maximum absolute atomic E-state index is 13.3. The predicted molar refractivity (Wildman–Crippen MR) is 150 cm³/mol. The van der Waals surface area contributed by atoms with Crippen LogP contribution in [0.5, 0.6) is 0 Å². The molecule has 0 aliphatic heterocycles. The number of benzene rings is 1. The van der Waals surface area contributed by atoms with Crippen molar-refractivity contribution in [2.75, 3.05) is 19.6 Å². The first-order valence-electron chi connectivity index (χ1n) is 14.0. The van der Waals surface area contributed by atoms with E-state index in [2.05, 4.69) is 31.1 Å². The Labute approximate surface area is 223 Å². The minimum absolute atomic E-state index is 0.0206. The van der Waals surface area contributed by atoms with Crippen molar-refractivity contribution < 1.29 is 14.4 Å². The fraction of sp³-hybridized carbons (Fsp3) is 0.633. The van der Waals surface area contributed by atoms with Crippen molar-refractivity contribution in [2.45, 2.75) is 85.2 Å². The highest BCUT2D eigenvalue weighted by Crippen LogP contribution is 2.38. The Morgan fingerprint density at radius 2 is 1.70 bits per heavy atom. The summed E-state index contributed by atoms with van der Waals surface area (Å²) in [6.07, 6.45) is 5.27. The van der Waals surface area contributed by atoms with Crippen LogP contribution in [0.15, 0.2) is 36.4 Å². The molecule has 7 nitrogen and oxygen atoms in total. The van der Waals surface area contributed by atoms with Crippen molar-refractivity contribution in [1.82, 2.24) is 15.5 Å². The monoisotopic (exact) mass is 512 g/mol. The van der Waals surface area contributed by atoms with Gasteiger partial charge < -0.3 is 21.3 Å². The lowest BCUT2D eigenvalue weighted by molar-refractivity contribution is -0.125. The summed E-state index contributed by atoms with van der Waals surface area (Å²) in [5.41, 5.74) is 8.43. The normalized spacial score (nSPS) is 16.3. The number of nitrogens with two attached hydrogens (primary N) is 1. The Morgan fingerprint density at radius 1 is 1.08 bits per heavy atom.